The Kier molecular flexibility index (Phi) is 25.2. The number of hydrogen-bond acceptors (Lipinski definition) is 6. The van der Waals surface area contributed by atoms with Crippen molar-refractivity contribution in [1.29, 1.82) is 0 Å². The van der Waals surface area contributed by atoms with Crippen molar-refractivity contribution in [3.63, 3.8) is 0 Å². The lowest BCUT2D eigenvalue weighted by Crippen LogP contribution is -2.37. The van der Waals surface area contributed by atoms with E-state index in [0.717, 1.165) is 26.1 Å². The molecule has 188 valence electrons. The second-order valence-electron chi connectivity index (χ2n) is 8.10. The molecule has 0 aromatic rings. The number of nitrogens with two attached hydrogens (primary N) is 1. The van der Waals surface area contributed by atoms with Crippen LogP contribution in [0.1, 0.15) is 91.9 Å². The van der Waals surface area contributed by atoms with E-state index in [4.69, 9.17) is 18.9 Å². The molecule has 1 saturated heterocycles. The Morgan fingerprint density at radius 2 is 1.61 bits per heavy atom. The molecule has 2 N–H and O–H groups in total. The highest BCUT2D eigenvalue weighted by Gasteiger charge is 2.26. The number of hydrogen-bond donors (Lipinski definition) is 1. The van der Waals surface area contributed by atoms with Gasteiger partial charge in [-0.15, -0.1) is 0 Å². The summed E-state index contributed by atoms with van der Waals surface area (Å²) in [5.41, 5.74) is 4.50. The molecule has 6 nitrogen and oxygen atoms in total. The maximum Gasteiger partial charge on any atom is 0.162 e. The van der Waals surface area contributed by atoms with Crippen LogP contribution in [0.5, 0.6) is 0 Å². The molecular formula is C25H53NO5. The van der Waals surface area contributed by atoms with Gasteiger partial charge in [-0.1, -0.05) is 57.9 Å². The Balaban J connectivity index is 0. The van der Waals surface area contributed by atoms with Crippen LogP contribution in [0.25, 0.3) is 0 Å². The molecule has 0 bridgehead atoms. The van der Waals surface area contributed by atoms with Gasteiger partial charge in [0.25, 0.3) is 0 Å². The molecule has 6 heteroatoms. The van der Waals surface area contributed by atoms with E-state index in [1.807, 2.05) is 26.8 Å². The van der Waals surface area contributed by atoms with Crippen molar-refractivity contribution < 1.29 is 23.7 Å². The molecule has 1 rings (SSSR count). The van der Waals surface area contributed by atoms with E-state index >= 15 is 0 Å². The average molecular weight is 448 g/mol. The van der Waals surface area contributed by atoms with Gasteiger partial charge < -0.3 is 29.4 Å². The third-order valence-electron chi connectivity index (χ3n) is 5.05. The van der Waals surface area contributed by atoms with Gasteiger partial charge in [-0.05, 0) is 40.7 Å². The van der Waals surface area contributed by atoms with Gasteiger partial charge >= 0.3 is 0 Å². The van der Waals surface area contributed by atoms with Gasteiger partial charge in [-0.3, -0.25) is 0 Å². The van der Waals surface area contributed by atoms with E-state index in [-0.39, 0.29) is 6.10 Å². The molecule has 0 radical (unpaired) electrons. The van der Waals surface area contributed by atoms with E-state index in [1.165, 1.54) is 58.4 Å². The molecular weight excluding hydrogens is 394 g/mol. The summed E-state index contributed by atoms with van der Waals surface area (Å²) in [6, 6.07) is 0. The normalized spacial score (nSPS) is 18.7. The van der Waals surface area contributed by atoms with E-state index in [9.17, 15) is 0 Å². The molecule has 31 heavy (non-hydrogen) atoms. The highest BCUT2D eigenvalue weighted by Crippen LogP contribution is 2.20. The number of methoxy groups -OCH3 is 2. The Labute approximate surface area is 193 Å². The fraction of sp³-hybridized carbons (Fsp3) is 0.920. The van der Waals surface area contributed by atoms with E-state index in [0.29, 0.717) is 12.7 Å². The summed E-state index contributed by atoms with van der Waals surface area (Å²) in [6.45, 7) is 10.2. The smallest absolute Gasteiger partial charge is 0.162 e. The number of unbranched alkanes of at least 4 members (excludes halogenated alkanes) is 7. The highest BCUT2D eigenvalue weighted by atomic mass is 16.7. The molecule has 0 aliphatic carbocycles. The second-order valence-corrected chi connectivity index (χ2v) is 8.10. The summed E-state index contributed by atoms with van der Waals surface area (Å²) in [5, 5.41) is 0. The van der Waals surface area contributed by atoms with Gasteiger partial charge in [-0.2, -0.15) is 0 Å². The van der Waals surface area contributed by atoms with Crippen molar-refractivity contribution in [1.82, 2.24) is 0 Å². The quantitative estimate of drug-likeness (QED) is 0.193. The Morgan fingerprint density at radius 3 is 2.13 bits per heavy atom. The fourth-order valence-electron chi connectivity index (χ4n) is 3.09. The SMILES string of the molecule is C/C=C\OC.CCCCCCCCCCOC1CCOC(COC(C)(C)OC)C1.CN. The van der Waals surface area contributed by atoms with Gasteiger partial charge in [0.15, 0.2) is 5.79 Å². The van der Waals surface area contributed by atoms with Gasteiger partial charge in [-0.25, -0.2) is 0 Å². The van der Waals surface area contributed by atoms with Crippen molar-refractivity contribution in [2.24, 2.45) is 5.73 Å². The van der Waals surface area contributed by atoms with Crippen molar-refractivity contribution in [2.75, 3.05) is 41.1 Å². The first-order valence-electron chi connectivity index (χ1n) is 12.1. The first-order valence-corrected chi connectivity index (χ1v) is 12.1. The van der Waals surface area contributed by atoms with Crippen molar-refractivity contribution in [3.05, 3.63) is 12.3 Å². The molecule has 2 atom stereocenters. The van der Waals surface area contributed by atoms with Crippen LogP contribution in [-0.2, 0) is 23.7 Å². The van der Waals surface area contributed by atoms with Gasteiger partial charge in [0.1, 0.15) is 0 Å². The summed E-state index contributed by atoms with van der Waals surface area (Å²) in [6.07, 6.45) is 16.6. The minimum absolute atomic E-state index is 0.122. The van der Waals surface area contributed by atoms with Gasteiger partial charge in [0.05, 0.1) is 32.2 Å². The Bertz CT molecular complexity index is 377. The molecule has 0 aromatic carbocycles. The first-order chi connectivity index (χ1) is 15.0. The standard InChI is InChI=1S/C20H40O4.C4H8O.CH5N/c1-5-6-7-8-9-10-11-12-14-22-18-13-15-23-19(16-18)17-24-20(2,3)21-4;1-3-4-5-2;1-2/h18-19H,5-17H2,1-4H3;3-4H,1-2H3;2H2,1H3/b;4-3-;. The number of allylic oxidation sites excluding steroid dienone is 1. The third kappa shape index (κ3) is 22.3. The van der Waals surface area contributed by atoms with Gasteiger partial charge in [0, 0.05) is 26.7 Å². The lowest BCUT2D eigenvalue weighted by Gasteiger charge is -2.32. The van der Waals surface area contributed by atoms with E-state index in [1.54, 1.807) is 20.5 Å². The topological polar surface area (TPSA) is 72.2 Å². The van der Waals surface area contributed by atoms with Crippen LogP contribution in [0.15, 0.2) is 12.3 Å². The Morgan fingerprint density at radius 1 is 1.00 bits per heavy atom. The molecule has 0 saturated carbocycles. The zero-order valence-electron chi connectivity index (χ0n) is 21.6. The summed E-state index contributed by atoms with van der Waals surface area (Å²) >= 11 is 0. The van der Waals surface area contributed by atoms with Crippen LogP contribution in [-0.4, -0.2) is 59.1 Å². The van der Waals surface area contributed by atoms with Crippen molar-refractivity contribution >= 4 is 0 Å². The zero-order chi connectivity index (χ0) is 23.8. The third-order valence-corrected chi connectivity index (χ3v) is 5.05. The lowest BCUT2D eigenvalue weighted by atomic mass is 10.1. The van der Waals surface area contributed by atoms with E-state index < -0.39 is 5.79 Å². The first kappa shape index (κ1) is 32.5. The van der Waals surface area contributed by atoms with E-state index in [2.05, 4.69) is 17.4 Å². The largest absolute Gasteiger partial charge is 0.505 e. The van der Waals surface area contributed by atoms with Crippen LogP contribution in [0.2, 0.25) is 0 Å². The maximum atomic E-state index is 6.05. The van der Waals surface area contributed by atoms with Crippen LogP contribution < -0.4 is 5.73 Å². The number of ether oxygens (including phenoxy) is 5. The summed E-state index contributed by atoms with van der Waals surface area (Å²) in [4.78, 5) is 0. The zero-order valence-corrected chi connectivity index (χ0v) is 21.6. The summed E-state index contributed by atoms with van der Waals surface area (Å²) in [7, 11) is 4.79. The molecule has 1 aliphatic rings. The minimum Gasteiger partial charge on any atom is -0.505 e. The van der Waals surface area contributed by atoms with Crippen LogP contribution >= 0.6 is 0 Å². The predicted octanol–water partition coefficient (Wildman–Crippen LogP) is 5.83. The second kappa shape index (κ2) is 24.0. The average Bonchev–Trinajstić information content (AvgIpc) is 2.79. The Hall–Kier alpha value is -0.660. The molecule has 0 spiro atoms. The van der Waals surface area contributed by atoms with Gasteiger partial charge in [0.2, 0.25) is 0 Å². The monoisotopic (exact) mass is 447 g/mol. The summed E-state index contributed by atoms with van der Waals surface area (Å²) < 4.78 is 27.4. The molecule has 2 unspecified atom stereocenters. The van der Waals surface area contributed by atoms with Crippen molar-refractivity contribution in [3.8, 4) is 0 Å². The summed E-state index contributed by atoms with van der Waals surface area (Å²) in [5.74, 6) is -0.547. The van der Waals surface area contributed by atoms with Crippen LogP contribution in [0.3, 0.4) is 0 Å². The lowest BCUT2D eigenvalue weighted by molar-refractivity contribution is -0.219. The predicted molar refractivity (Wildman–Crippen MR) is 130 cm³/mol. The molecule has 0 amide bonds. The molecule has 0 aromatic heterocycles. The van der Waals surface area contributed by atoms with Crippen molar-refractivity contribution in [2.45, 2.75) is 110 Å². The number of rotatable bonds is 15. The van der Waals surface area contributed by atoms with Crippen LogP contribution in [0, 0.1) is 0 Å². The highest BCUT2D eigenvalue weighted by molar-refractivity contribution is 4.72. The fourth-order valence-corrected chi connectivity index (χ4v) is 3.09. The maximum absolute atomic E-state index is 6.05. The van der Waals surface area contributed by atoms with Crippen LogP contribution in [0.4, 0.5) is 0 Å². The molecule has 1 heterocycles. The molecule has 1 fully saturated rings. The molecule has 1 aliphatic heterocycles. The minimum atomic E-state index is -0.547.